The molecule has 0 atom stereocenters. The van der Waals surface area contributed by atoms with Crippen LogP contribution in [0.1, 0.15) is 11.3 Å². The van der Waals surface area contributed by atoms with Crippen molar-refractivity contribution in [3.63, 3.8) is 0 Å². The molecule has 0 aliphatic carbocycles. The number of aromatic nitrogens is 1. The van der Waals surface area contributed by atoms with Gasteiger partial charge in [0.15, 0.2) is 0 Å². The molecule has 0 saturated heterocycles. The molecule has 1 heterocycles. The van der Waals surface area contributed by atoms with Crippen LogP contribution in [0.5, 0.6) is 0 Å². The number of benzene rings is 2. The first-order valence-electron chi connectivity index (χ1n) is 6.57. The van der Waals surface area contributed by atoms with Gasteiger partial charge in [-0.25, -0.2) is 4.39 Å². The number of aryl methyl sites for hydroxylation is 1. The first kappa shape index (κ1) is 12.6. The van der Waals surface area contributed by atoms with Gasteiger partial charge in [-0.2, -0.15) is 0 Å². The molecule has 3 aromatic rings. The van der Waals surface area contributed by atoms with Crippen molar-refractivity contribution in [1.29, 1.82) is 0 Å². The number of hydrogen-bond donors (Lipinski definition) is 1. The van der Waals surface area contributed by atoms with E-state index in [-0.39, 0.29) is 5.82 Å². The zero-order valence-electron chi connectivity index (χ0n) is 11.2. The molecule has 0 bridgehead atoms. The number of halogens is 1. The maximum absolute atomic E-state index is 12.9. The molecule has 2 nitrogen and oxygen atoms in total. The normalized spacial score (nSPS) is 10.7. The molecule has 0 unspecified atom stereocenters. The van der Waals surface area contributed by atoms with E-state index in [0.29, 0.717) is 6.54 Å². The van der Waals surface area contributed by atoms with E-state index in [4.69, 9.17) is 0 Å². The van der Waals surface area contributed by atoms with E-state index in [0.717, 1.165) is 27.8 Å². The van der Waals surface area contributed by atoms with Gasteiger partial charge in [-0.15, -0.1) is 0 Å². The third-order valence-corrected chi connectivity index (χ3v) is 3.24. The van der Waals surface area contributed by atoms with Gasteiger partial charge < -0.3 is 5.32 Å². The Kier molecular flexibility index (Phi) is 3.33. The summed E-state index contributed by atoms with van der Waals surface area (Å²) in [4.78, 5) is 4.51. The zero-order valence-corrected chi connectivity index (χ0v) is 11.2. The number of fused-ring (bicyclic) bond motifs is 1. The van der Waals surface area contributed by atoms with Crippen LogP contribution < -0.4 is 5.32 Å². The molecule has 0 spiro atoms. The molecule has 0 aliphatic heterocycles. The van der Waals surface area contributed by atoms with E-state index in [1.807, 2.05) is 31.2 Å². The molecule has 100 valence electrons. The minimum atomic E-state index is -0.209. The van der Waals surface area contributed by atoms with Crippen LogP contribution in [0.25, 0.3) is 10.9 Å². The summed E-state index contributed by atoms with van der Waals surface area (Å²) in [6.45, 7) is 2.64. The SMILES string of the molecule is Cc1cc(NCc2ccc(F)cc2)c2ccccc2n1. The van der Waals surface area contributed by atoms with Crippen molar-refractivity contribution in [2.45, 2.75) is 13.5 Å². The van der Waals surface area contributed by atoms with E-state index < -0.39 is 0 Å². The summed E-state index contributed by atoms with van der Waals surface area (Å²) in [5.41, 5.74) is 4.06. The van der Waals surface area contributed by atoms with Gasteiger partial charge in [0.25, 0.3) is 0 Å². The summed E-state index contributed by atoms with van der Waals surface area (Å²) in [6.07, 6.45) is 0. The van der Waals surface area contributed by atoms with E-state index in [1.165, 1.54) is 12.1 Å². The topological polar surface area (TPSA) is 24.9 Å². The number of pyridine rings is 1. The Morgan fingerprint density at radius 1 is 1.05 bits per heavy atom. The van der Waals surface area contributed by atoms with E-state index in [1.54, 1.807) is 12.1 Å². The van der Waals surface area contributed by atoms with Gasteiger partial charge in [-0.3, -0.25) is 4.98 Å². The fourth-order valence-electron chi connectivity index (χ4n) is 2.25. The summed E-state index contributed by atoms with van der Waals surface area (Å²) in [6, 6.07) is 16.6. The monoisotopic (exact) mass is 266 g/mol. The minimum absolute atomic E-state index is 0.209. The predicted octanol–water partition coefficient (Wildman–Crippen LogP) is 4.29. The molecule has 1 aromatic heterocycles. The van der Waals surface area contributed by atoms with Crippen LogP contribution in [0.2, 0.25) is 0 Å². The minimum Gasteiger partial charge on any atom is -0.380 e. The largest absolute Gasteiger partial charge is 0.380 e. The maximum Gasteiger partial charge on any atom is 0.123 e. The summed E-state index contributed by atoms with van der Waals surface area (Å²) < 4.78 is 12.9. The van der Waals surface area contributed by atoms with Gasteiger partial charge in [0.1, 0.15) is 5.82 Å². The molecule has 0 saturated carbocycles. The lowest BCUT2D eigenvalue weighted by molar-refractivity contribution is 0.627. The van der Waals surface area contributed by atoms with E-state index in [2.05, 4.69) is 16.4 Å². The van der Waals surface area contributed by atoms with Crippen molar-refractivity contribution < 1.29 is 4.39 Å². The second-order valence-electron chi connectivity index (χ2n) is 4.81. The molecular formula is C17H15FN2. The van der Waals surface area contributed by atoms with Crippen molar-refractivity contribution in [2.24, 2.45) is 0 Å². The molecule has 20 heavy (non-hydrogen) atoms. The smallest absolute Gasteiger partial charge is 0.123 e. The Labute approximate surface area is 117 Å². The van der Waals surface area contributed by atoms with Gasteiger partial charge in [0.05, 0.1) is 5.52 Å². The second-order valence-corrected chi connectivity index (χ2v) is 4.81. The van der Waals surface area contributed by atoms with Crippen molar-refractivity contribution in [3.8, 4) is 0 Å². The Morgan fingerprint density at radius 2 is 1.80 bits per heavy atom. The lowest BCUT2D eigenvalue weighted by atomic mass is 10.1. The van der Waals surface area contributed by atoms with Crippen molar-refractivity contribution in [1.82, 2.24) is 4.98 Å². The third-order valence-electron chi connectivity index (χ3n) is 3.24. The second kappa shape index (κ2) is 5.29. The summed E-state index contributed by atoms with van der Waals surface area (Å²) in [5.74, 6) is -0.209. The van der Waals surface area contributed by atoms with Gasteiger partial charge in [0, 0.05) is 23.3 Å². The standard InChI is InChI=1S/C17H15FN2/c1-12-10-17(15-4-2-3-5-16(15)20-12)19-11-13-6-8-14(18)9-7-13/h2-10H,11H2,1H3,(H,19,20). The van der Waals surface area contributed by atoms with E-state index in [9.17, 15) is 4.39 Å². The Morgan fingerprint density at radius 3 is 2.60 bits per heavy atom. The summed E-state index contributed by atoms with van der Waals surface area (Å²) in [5, 5.41) is 4.50. The van der Waals surface area contributed by atoms with Crippen LogP contribution in [0.4, 0.5) is 10.1 Å². The predicted molar refractivity (Wildman–Crippen MR) is 80.2 cm³/mol. The molecule has 1 N–H and O–H groups in total. The highest BCUT2D eigenvalue weighted by atomic mass is 19.1. The van der Waals surface area contributed by atoms with E-state index >= 15 is 0 Å². The Balaban J connectivity index is 1.88. The average Bonchev–Trinajstić information content (AvgIpc) is 2.46. The fourth-order valence-corrected chi connectivity index (χ4v) is 2.25. The highest BCUT2D eigenvalue weighted by molar-refractivity contribution is 5.91. The lowest BCUT2D eigenvalue weighted by Crippen LogP contribution is -2.01. The quantitative estimate of drug-likeness (QED) is 0.764. The molecule has 3 rings (SSSR count). The fraction of sp³-hybridized carbons (Fsp3) is 0.118. The Hall–Kier alpha value is -2.42. The van der Waals surface area contributed by atoms with Gasteiger partial charge in [-0.1, -0.05) is 30.3 Å². The first-order valence-corrected chi connectivity index (χ1v) is 6.57. The molecule has 0 radical (unpaired) electrons. The van der Waals surface area contributed by atoms with Crippen LogP contribution in [-0.2, 0) is 6.54 Å². The zero-order chi connectivity index (χ0) is 13.9. The maximum atomic E-state index is 12.9. The van der Waals surface area contributed by atoms with Crippen LogP contribution in [-0.4, -0.2) is 4.98 Å². The lowest BCUT2D eigenvalue weighted by Gasteiger charge is -2.11. The van der Waals surface area contributed by atoms with Gasteiger partial charge in [-0.05, 0) is 36.8 Å². The summed E-state index contributed by atoms with van der Waals surface area (Å²) >= 11 is 0. The number of nitrogens with zero attached hydrogens (tertiary/aromatic N) is 1. The van der Waals surface area contributed by atoms with Crippen molar-refractivity contribution in [2.75, 3.05) is 5.32 Å². The Bertz CT molecular complexity index is 736. The molecular weight excluding hydrogens is 251 g/mol. The number of para-hydroxylation sites is 1. The molecule has 0 aliphatic rings. The van der Waals surface area contributed by atoms with Crippen LogP contribution in [0.3, 0.4) is 0 Å². The van der Waals surface area contributed by atoms with Crippen LogP contribution in [0, 0.1) is 12.7 Å². The summed E-state index contributed by atoms with van der Waals surface area (Å²) in [7, 11) is 0. The van der Waals surface area contributed by atoms with Gasteiger partial charge in [0.2, 0.25) is 0 Å². The highest BCUT2D eigenvalue weighted by Gasteiger charge is 2.03. The van der Waals surface area contributed by atoms with Gasteiger partial charge >= 0.3 is 0 Å². The number of nitrogens with one attached hydrogen (secondary N) is 1. The molecule has 3 heteroatoms. The number of rotatable bonds is 3. The highest BCUT2D eigenvalue weighted by Crippen LogP contribution is 2.23. The molecule has 0 fully saturated rings. The van der Waals surface area contributed by atoms with Crippen molar-refractivity contribution >= 4 is 16.6 Å². The third kappa shape index (κ3) is 2.62. The molecule has 2 aromatic carbocycles. The number of anilines is 1. The first-order chi connectivity index (χ1) is 9.72. The number of hydrogen-bond acceptors (Lipinski definition) is 2. The van der Waals surface area contributed by atoms with Crippen LogP contribution in [0.15, 0.2) is 54.6 Å². The average molecular weight is 266 g/mol. The van der Waals surface area contributed by atoms with Crippen molar-refractivity contribution in [3.05, 3.63) is 71.7 Å². The molecule has 0 amide bonds. The van der Waals surface area contributed by atoms with Crippen LogP contribution >= 0.6 is 0 Å².